The molecule has 0 unspecified atom stereocenters. The molecule has 0 aromatic heterocycles. The molecule has 0 atom stereocenters. The fourth-order valence-corrected chi connectivity index (χ4v) is 5.42. The van der Waals surface area contributed by atoms with E-state index in [9.17, 15) is 9.18 Å². The van der Waals surface area contributed by atoms with Gasteiger partial charge in [0.1, 0.15) is 11.6 Å². The van der Waals surface area contributed by atoms with E-state index in [-0.39, 0.29) is 17.1 Å². The van der Waals surface area contributed by atoms with Gasteiger partial charge in [0.05, 0.1) is 17.1 Å². The molecule has 0 fully saturated rings. The van der Waals surface area contributed by atoms with Gasteiger partial charge >= 0.3 is 5.97 Å². The van der Waals surface area contributed by atoms with Crippen LogP contribution in [0.25, 0.3) is 4.91 Å². The minimum absolute atomic E-state index is 0.0231. The number of anilines is 2. The van der Waals surface area contributed by atoms with Crippen LogP contribution in [-0.2, 0) is 11.2 Å². The maximum Gasteiger partial charge on any atom is 0.315 e. The van der Waals surface area contributed by atoms with Crippen LogP contribution < -0.4 is 10.1 Å². The summed E-state index contributed by atoms with van der Waals surface area (Å²) in [6, 6.07) is 17.4. The quantitative estimate of drug-likeness (QED) is 0.219. The summed E-state index contributed by atoms with van der Waals surface area (Å²) < 4.78 is 19.7. The maximum atomic E-state index is 14.2. The third-order valence-electron chi connectivity index (χ3n) is 4.72. The summed E-state index contributed by atoms with van der Waals surface area (Å²) in [4.78, 5) is 14.8. The van der Waals surface area contributed by atoms with Gasteiger partial charge in [0.2, 0.25) is 0 Å². The lowest BCUT2D eigenvalue weighted by Gasteiger charge is -2.14. The standard InChI is InChI=1S/C25H19ClFNO2S2/c1-15-6-11-22(28-25-20(26)4-3-5-21(25)27)18(12-15)14-24(29)30-19-9-7-17(8-10-19)23-13-16(2)31-32-23/h3-13,28H,2,14H2,1H3. The summed E-state index contributed by atoms with van der Waals surface area (Å²) in [7, 11) is 3.29. The number of carbonyl (C=O) groups is 1. The van der Waals surface area contributed by atoms with E-state index in [1.807, 2.05) is 37.3 Å². The minimum Gasteiger partial charge on any atom is -0.426 e. The molecule has 0 aliphatic carbocycles. The second kappa shape index (κ2) is 9.86. The Hall–Kier alpha value is -2.67. The number of allylic oxidation sites excluding steroid dienone is 1. The monoisotopic (exact) mass is 483 g/mol. The Morgan fingerprint density at radius 3 is 2.59 bits per heavy atom. The van der Waals surface area contributed by atoms with Crippen LogP contribution in [0.15, 0.2) is 78.2 Å². The number of esters is 1. The van der Waals surface area contributed by atoms with Crippen LogP contribution in [-0.4, -0.2) is 5.97 Å². The molecule has 4 rings (SSSR count). The van der Waals surface area contributed by atoms with Gasteiger partial charge in [-0.3, -0.25) is 4.79 Å². The second-order valence-corrected chi connectivity index (χ2v) is 9.90. The summed E-state index contributed by atoms with van der Waals surface area (Å²) >= 11 is 6.14. The average Bonchev–Trinajstić information content (AvgIpc) is 3.19. The van der Waals surface area contributed by atoms with E-state index in [1.165, 1.54) is 6.07 Å². The van der Waals surface area contributed by atoms with Crippen molar-refractivity contribution < 1.29 is 13.9 Å². The zero-order chi connectivity index (χ0) is 22.7. The van der Waals surface area contributed by atoms with Crippen molar-refractivity contribution in [2.45, 2.75) is 13.3 Å². The smallest absolute Gasteiger partial charge is 0.315 e. The van der Waals surface area contributed by atoms with Gasteiger partial charge in [-0.15, -0.1) is 0 Å². The minimum atomic E-state index is -0.468. The van der Waals surface area contributed by atoms with Gasteiger partial charge in [0.25, 0.3) is 0 Å². The van der Waals surface area contributed by atoms with Crippen molar-refractivity contribution in [1.29, 1.82) is 0 Å². The van der Waals surface area contributed by atoms with Gasteiger partial charge in [0.15, 0.2) is 0 Å². The number of halogens is 2. The summed E-state index contributed by atoms with van der Waals surface area (Å²) in [5, 5.41) is 3.28. The number of nitrogens with one attached hydrogen (secondary N) is 1. The van der Waals surface area contributed by atoms with Crippen molar-refractivity contribution in [2.24, 2.45) is 0 Å². The zero-order valence-electron chi connectivity index (χ0n) is 17.2. The van der Waals surface area contributed by atoms with E-state index in [0.717, 1.165) is 20.9 Å². The van der Waals surface area contributed by atoms with Gasteiger partial charge in [-0.1, -0.05) is 75.7 Å². The number of para-hydroxylation sites is 1. The molecular formula is C25H19ClFNO2S2. The third kappa shape index (κ3) is 5.38. The number of aryl methyl sites for hydroxylation is 1. The van der Waals surface area contributed by atoms with Crippen LogP contribution in [0.1, 0.15) is 16.7 Å². The molecule has 7 heteroatoms. The summed E-state index contributed by atoms with van der Waals surface area (Å²) in [5.74, 6) is -0.415. The van der Waals surface area contributed by atoms with Crippen molar-refractivity contribution in [2.75, 3.05) is 5.32 Å². The first kappa shape index (κ1) is 22.5. The van der Waals surface area contributed by atoms with E-state index in [2.05, 4.69) is 11.9 Å². The molecule has 1 aliphatic heterocycles. The molecule has 0 saturated heterocycles. The van der Waals surface area contributed by atoms with E-state index in [0.29, 0.717) is 17.0 Å². The van der Waals surface area contributed by atoms with Crippen LogP contribution in [0, 0.1) is 12.7 Å². The molecule has 162 valence electrons. The molecule has 32 heavy (non-hydrogen) atoms. The molecule has 0 spiro atoms. The normalized spacial score (nSPS) is 13.1. The van der Waals surface area contributed by atoms with Crippen LogP contribution in [0.5, 0.6) is 5.75 Å². The van der Waals surface area contributed by atoms with Crippen LogP contribution in [0.3, 0.4) is 0 Å². The molecule has 1 N–H and O–H groups in total. The molecule has 3 aromatic carbocycles. The molecular weight excluding hydrogens is 465 g/mol. The van der Waals surface area contributed by atoms with Crippen LogP contribution in [0.4, 0.5) is 15.8 Å². The summed E-state index contributed by atoms with van der Waals surface area (Å²) in [6.07, 6.45) is 2.06. The fourth-order valence-electron chi connectivity index (χ4n) is 3.18. The molecule has 3 nitrogen and oxygen atoms in total. The summed E-state index contributed by atoms with van der Waals surface area (Å²) in [6.45, 7) is 5.87. The Morgan fingerprint density at radius 1 is 1.12 bits per heavy atom. The van der Waals surface area contributed by atoms with Crippen LogP contribution >= 0.6 is 33.2 Å². The lowest BCUT2D eigenvalue weighted by atomic mass is 10.1. The average molecular weight is 484 g/mol. The highest BCUT2D eigenvalue weighted by atomic mass is 35.5. The first-order valence-corrected chi connectivity index (χ1v) is 12.3. The van der Waals surface area contributed by atoms with Crippen molar-refractivity contribution in [3.05, 3.63) is 106 Å². The Balaban J connectivity index is 1.48. The number of carbonyl (C=O) groups excluding carboxylic acids is 1. The van der Waals surface area contributed by atoms with Gasteiger partial charge in [0, 0.05) is 15.5 Å². The van der Waals surface area contributed by atoms with Crippen molar-refractivity contribution >= 4 is 55.4 Å². The van der Waals surface area contributed by atoms with E-state index in [1.54, 1.807) is 51.9 Å². The molecule has 1 heterocycles. The van der Waals surface area contributed by atoms with Crippen LogP contribution in [0.2, 0.25) is 5.02 Å². The van der Waals surface area contributed by atoms with Gasteiger partial charge in [-0.2, -0.15) is 0 Å². The van der Waals surface area contributed by atoms with E-state index < -0.39 is 11.8 Å². The Kier molecular flexibility index (Phi) is 6.94. The highest BCUT2D eigenvalue weighted by Gasteiger charge is 2.15. The number of hydrogen-bond acceptors (Lipinski definition) is 5. The lowest BCUT2D eigenvalue weighted by Crippen LogP contribution is -2.13. The Bertz CT molecular complexity index is 1200. The highest BCUT2D eigenvalue weighted by molar-refractivity contribution is 8.82. The Labute approximate surface area is 199 Å². The Morgan fingerprint density at radius 2 is 1.91 bits per heavy atom. The first-order chi connectivity index (χ1) is 15.4. The predicted octanol–water partition coefficient (Wildman–Crippen LogP) is 7.93. The van der Waals surface area contributed by atoms with Crippen molar-refractivity contribution in [3.63, 3.8) is 0 Å². The van der Waals surface area contributed by atoms with Crippen molar-refractivity contribution in [1.82, 2.24) is 0 Å². The van der Waals surface area contributed by atoms with Gasteiger partial charge in [-0.25, -0.2) is 4.39 Å². The fraction of sp³-hybridized carbons (Fsp3) is 0.0800. The molecule has 3 aromatic rings. The number of rotatable bonds is 6. The van der Waals surface area contributed by atoms with Crippen molar-refractivity contribution in [3.8, 4) is 5.75 Å². The van der Waals surface area contributed by atoms with E-state index >= 15 is 0 Å². The maximum absolute atomic E-state index is 14.2. The first-order valence-electron chi connectivity index (χ1n) is 9.76. The lowest BCUT2D eigenvalue weighted by molar-refractivity contribution is -0.133. The molecule has 0 bridgehead atoms. The highest BCUT2D eigenvalue weighted by Crippen LogP contribution is 2.48. The largest absolute Gasteiger partial charge is 0.426 e. The predicted molar refractivity (Wildman–Crippen MR) is 134 cm³/mol. The molecule has 0 saturated carbocycles. The molecule has 0 radical (unpaired) electrons. The van der Waals surface area contributed by atoms with Gasteiger partial charge < -0.3 is 10.1 Å². The number of ether oxygens (including phenoxy) is 1. The third-order valence-corrected chi connectivity index (χ3v) is 7.41. The van der Waals surface area contributed by atoms with Gasteiger partial charge in [-0.05, 0) is 54.5 Å². The molecule has 1 aliphatic rings. The zero-order valence-corrected chi connectivity index (χ0v) is 19.5. The number of hydrogen-bond donors (Lipinski definition) is 1. The SMILES string of the molecule is C=C1C=C(c2ccc(OC(=O)Cc3cc(C)ccc3Nc3c(F)cccc3Cl)cc2)SS1. The topological polar surface area (TPSA) is 38.3 Å². The molecule has 0 amide bonds. The second-order valence-electron chi connectivity index (χ2n) is 7.20. The van der Waals surface area contributed by atoms with E-state index in [4.69, 9.17) is 16.3 Å². The number of benzene rings is 3. The summed E-state index contributed by atoms with van der Waals surface area (Å²) in [5.41, 5.74) is 3.48.